The predicted octanol–water partition coefficient (Wildman–Crippen LogP) is 3.19. The monoisotopic (exact) mass is 302 g/mol. The molecule has 1 saturated heterocycles. The third-order valence-electron chi connectivity index (χ3n) is 3.73. The van der Waals surface area contributed by atoms with Gasteiger partial charge < -0.3 is 9.74 Å². The van der Waals surface area contributed by atoms with Crippen molar-refractivity contribution < 1.29 is 14.4 Å². The molecule has 0 unspecified atom stereocenters. The first kappa shape index (κ1) is 16.2. The molecule has 2 rings (SSSR count). The number of piperidine rings is 1. The zero-order valence-electron chi connectivity index (χ0n) is 13.2. The first-order chi connectivity index (χ1) is 10.6. The van der Waals surface area contributed by atoms with E-state index in [0.29, 0.717) is 12.0 Å². The molecular weight excluding hydrogens is 280 g/mol. The molecular formula is C17H22N2O3. The molecule has 1 aromatic rings. The fourth-order valence-electron chi connectivity index (χ4n) is 2.53. The highest BCUT2D eigenvalue weighted by atomic mass is 16.7. The standard InChI is InChI=1S/C17H22N2O3/c1-3-16(18-22-13(2)20)17(21)14-7-9-15(10-8-14)19-11-5-4-6-12-19/h7-10H,3-6,11-12H2,1-2H3/b18-16+. The van der Waals surface area contributed by atoms with Crippen LogP contribution in [0.25, 0.3) is 0 Å². The normalized spacial score (nSPS) is 15.5. The van der Waals surface area contributed by atoms with E-state index in [1.165, 1.54) is 26.2 Å². The maximum absolute atomic E-state index is 12.3. The number of carbonyl (C=O) groups excluding carboxylic acids is 2. The highest BCUT2D eigenvalue weighted by Gasteiger charge is 2.15. The van der Waals surface area contributed by atoms with E-state index >= 15 is 0 Å². The molecule has 0 spiro atoms. The zero-order valence-corrected chi connectivity index (χ0v) is 13.2. The summed E-state index contributed by atoms with van der Waals surface area (Å²) in [6.45, 7) is 5.21. The van der Waals surface area contributed by atoms with Gasteiger partial charge in [0.2, 0.25) is 5.78 Å². The van der Waals surface area contributed by atoms with Crippen LogP contribution >= 0.6 is 0 Å². The van der Waals surface area contributed by atoms with Crippen LogP contribution in [0.15, 0.2) is 29.4 Å². The van der Waals surface area contributed by atoms with Crippen molar-refractivity contribution in [2.45, 2.75) is 39.5 Å². The van der Waals surface area contributed by atoms with E-state index in [1.807, 2.05) is 31.2 Å². The Balaban J connectivity index is 2.09. The predicted molar refractivity (Wildman–Crippen MR) is 86.3 cm³/mol. The van der Waals surface area contributed by atoms with Gasteiger partial charge in [-0.15, -0.1) is 0 Å². The molecule has 0 aromatic heterocycles. The lowest BCUT2D eigenvalue weighted by atomic mass is 10.0. The second-order valence-corrected chi connectivity index (χ2v) is 5.40. The van der Waals surface area contributed by atoms with Crippen LogP contribution in [-0.2, 0) is 9.63 Å². The average Bonchev–Trinajstić information content (AvgIpc) is 2.56. The Bertz CT molecular complexity index is 558. The van der Waals surface area contributed by atoms with Gasteiger partial charge in [0.25, 0.3) is 0 Å². The number of rotatable bonds is 5. The van der Waals surface area contributed by atoms with E-state index < -0.39 is 5.97 Å². The fraction of sp³-hybridized carbons (Fsp3) is 0.471. The number of hydrogen-bond donors (Lipinski definition) is 0. The van der Waals surface area contributed by atoms with Crippen molar-refractivity contribution in [3.63, 3.8) is 0 Å². The Hall–Kier alpha value is -2.17. The highest BCUT2D eigenvalue weighted by Crippen LogP contribution is 2.20. The summed E-state index contributed by atoms with van der Waals surface area (Å²) in [6.07, 6.45) is 4.14. The molecule has 0 radical (unpaired) electrons. The summed E-state index contributed by atoms with van der Waals surface area (Å²) in [7, 11) is 0. The van der Waals surface area contributed by atoms with E-state index in [4.69, 9.17) is 0 Å². The topological polar surface area (TPSA) is 59.0 Å². The summed E-state index contributed by atoms with van der Waals surface area (Å²) < 4.78 is 0. The van der Waals surface area contributed by atoms with Crippen molar-refractivity contribution in [1.29, 1.82) is 0 Å². The lowest BCUT2D eigenvalue weighted by Gasteiger charge is -2.28. The van der Waals surface area contributed by atoms with Crippen molar-refractivity contribution in [2.75, 3.05) is 18.0 Å². The molecule has 1 aromatic carbocycles. The maximum atomic E-state index is 12.3. The van der Waals surface area contributed by atoms with Crippen LogP contribution in [0, 0.1) is 0 Å². The zero-order chi connectivity index (χ0) is 15.9. The van der Waals surface area contributed by atoms with Gasteiger partial charge in [0, 0.05) is 31.3 Å². The van der Waals surface area contributed by atoms with Gasteiger partial charge in [0.15, 0.2) is 0 Å². The Morgan fingerprint density at radius 1 is 1.14 bits per heavy atom. The number of benzene rings is 1. The van der Waals surface area contributed by atoms with Crippen molar-refractivity contribution in [2.24, 2.45) is 5.16 Å². The molecule has 0 atom stereocenters. The molecule has 0 saturated carbocycles. The largest absolute Gasteiger partial charge is 0.372 e. The summed E-state index contributed by atoms with van der Waals surface area (Å²) in [6, 6.07) is 7.56. The quantitative estimate of drug-likeness (QED) is 0.363. The molecule has 5 heteroatoms. The number of Topliss-reactive ketones (excluding diaryl/α,β-unsaturated/α-hetero) is 1. The van der Waals surface area contributed by atoms with E-state index in [-0.39, 0.29) is 11.5 Å². The minimum atomic E-state index is -0.529. The van der Waals surface area contributed by atoms with Gasteiger partial charge >= 0.3 is 5.97 Å². The number of oxime groups is 1. The van der Waals surface area contributed by atoms with Crippen LogP contribution in [0.3, 0.4) is 0 Å². The van der Waals surface area contributed by atoms with Gasteiger partial charge in [-0.05, 0) is 49.9 Å². The van der Waals surface area contributed by atoms with Crippen molar-refractivity contribution in [3.05, 3.63) is 29.8 Å². The van der Waals surface area contributed by atoms with Crippen LogP contribution in [0.2, 0.25) is 0 Å². The van der Waals surface area contributed by atoms with Crippen molar-refractivity contribution in [1.82, 2.24) is 0 Å². The van der Waals surface area contributed by atoms with Crippen LogP contribution in [-0.4, -0.2) is 30.6 Å². The molecule has 1 aliphatic rings. The van der Waals surface area contributed by atoms with Gasteiger partial charge in [-0.3, -0.25) is 4.79 Å². The Morgan fingerprint density at radius 3 is 2.32 bits per heavy atom. The lowest BCUT2D eigenvalue weighted by molar-refractivity contribution is -0.140. The number of carbonyl (C=O) groups is 2. The van der Waals surface area contributed by atoms with Crippen molar-refractivity contribution in [3.8, 4) is 0 Å². The first-order valence-corrected chi connectivity index (χ1v) is 7.76. The van der Waals surface area contributed by atoms with Gasteiger partial charge in [-0.2, -0.15) is 0 Å². The van der Waals surface area contributed by atoms with Gasteiger partial charge in [0.1, 0.15) is 5.71 Å². The lowest BCUT2D eigenvalue weighted by Crippen LogP contribution is -2.29. The minimum absolute atomic E-state index is 0.200. The molecule has 0 N–H and O–H groups in total. The Kier molecular flexibility index (Phi) is 5.69. The van der Waals surface area contributed by atoms with E-state index in [2.05, 4.69) is 14.9 Å². The smallest absolute Gasteiger partial charge is 0.331 e. The summed E-state index contributed by atoms with van der Waals surface area (Å²) >= 11 is 0. The van der Waals surface area contributed by atoms with E-state index in [9.17, 15) is 9.59 Å². The Morgan fingerprint density at radius 2 is 1.77 bits per heavy atom. The number of anilines is 1. The molecule has 0 bridgehead atoms. The van der Waals surface area contributed by atoms with Crippen LogP contribution < -0.4 is 4.90 Å². The third kappa shape index (κ3) is 4.16. The molecule has 1 heterocycles. The fourth-order valence-corrected chi connectivity index (χ4v) is 2.53. The molecule has 0 aliphatic carbocycles. The van der Waals surface area contributed by atoms with E-state index in [0.717, 1.165) is 18.8 Å². The maximum Gasteiger partial charge on any atom is 0.331 e. The molecule has 22 heavy (non-hydrogen) atoms. The molecule has 5 nitrogen and oxygen atoms in total. The number of nitrogens with zero attached hydrogens (tertiary/aromatic N) is 2. The second kappa shape index (κ2) is 7.73. The molecule has 118 valence electrons. The molecule has 1 fully saturated rings. The number of hydrogen-bond acceptors (Lipinski definition) is 5. The summed E-state index contributed by atoms with van der Waals surface area (Å²) in [4.78, 5) is 30.1. The summed E-state index contributed by atoms with van der Waals surface area (Å²) in [5, 5.41) is 3.64. The van der Waals surface area contributed by atoms with Gasteiger partial charge in [-0.25, -0.2) is 4.79 Å². The minimum Gasteiger partial charge on any atom is -0.372 e. The third-order valence-corrected chi connectivity index (χ3v) is 3.73. The first-order valence-electron chi connectivity index (χ1n) is 7.76. The summed E-state index contributed by atoms with van der Waals surface area (Å²) in [5.74, 6) is -0.729. The van der Waals surface area contributed by atoms with Crippen LogP contribution in [0.1, 0.15) is 49.9 Å². The van der Waals surface area contributed by atoms with Crippen LogP contribution in [0.5, 0.6) is 0 Å². The summed E-state index contributed by atoms with van der Waals surface area (Å²) in [5.41, 5.74) is 1.96. The van der Waals surface area contributed by atoms with Crippen LogP contribution in [0.4, 0.5) is 5.69 Å². The Labute approximate surface area is 130 Å². The van der Waals surface area contributed by atoms with E-state index in [1.54, 1.807) is 0 Å². The van der Waals surface area contributed by atoms with Crippen molar-refractivity contribution >= 4 is 23.2 Å². The second-order valence-electron chi connectivity index (χ2n) is 5.40. The van der Waals surface area contributed by atoms with Gasteiger partial charge in [-0.1, -0.05) is 12.1 Å². The average molecular weight is 302 g/mol. The molecule has 1 aliphatic heterocycles. The number of ketones is 1. The van der Waals surface area contributed by atoms with Gasteiger partial charge in [0.05, 0.1) is 0 Å². The molecule has 0 amide bonds. The SMILES string of the molecule is CC/C(=N\OC(C)=O)C(=O)c1ccc(N2CCCCC2)cc1. The highest BCUT2D eigenvalue weighted by molar-refractivity contribution is 6.45.